The minimum Gasteiger partial charge on any atom is -0.314 e. The molecule has 0 aliphatic heterocycles. The fraction of sp³-hybridized carbons (Fsp3) is 0.692. The number of hydrogen-bond donors (Lipinski definition) is 1. The molecule has 1 unspecified atom stereocenters. The number of hydrogen-bond acceptors (Lipinski definition) is 2. The van der Waals surface area contributed by atoms with Crippen molar-refractivity contribution in [1.82, 2.24) is 5.32 Å². The van der Waals surface area contributed by atoms with E-state index >= 15 is 0 Å². The molecule has 90 valence electrons. The molecule has 0 saturated heterocycles. The van der Waals surface area contributed by atoms with Crippen molar-refractivity contribution in [3.8, 4) is 0 Å². The molecule has 16 heavy (non-hydrogen) atoms. The van der Waals surface area contributed by atoms with E-state index < -0.39 is 0 Å². The van der Waals surface area contributed by atoms with Crippen LogP contribution >= 0.6 is 22.9 Å². The first-order valence-corrected chi connectivity index (χ1v) is 7.41. The monoisotopic (exact) mass is 257 g/mol. The lowest BCUT2D eigenvalue weighted by molar-refractivity contribution is 0.289. The molecule has 1 aliphatic rings. The Bertz CT molecular complexity index is 319. The molecule has 1 aromatic heterocycles. The Morgan fingerprint density at radius 3 is 2.88 bits per heavy atom. The van der Waals surface area contributed by atoms with Gasteiger partial charge in [0.05, 0.1) is 4.34 Å². The summed E-state index contributed by atoms with van der Waals surface area (Å²) in [4.78, 5) is 1.40. The van der Waals surface area contributed by atoms with Crippen molar-refractivity contribution in [2.45, 2.75) is 45.1 Å². The molecular weight excluding hydrogens is 238 g/mol. The lowest BCUT2D eigenvalue weighted by Gasteiger charge is -2.27. The summed E-state index contributed by atoms with van der Waals surface area (Å²) in [5.74, 6) is 0.957. The summed E-state index contributed by atoms with van der Waals surface area (Å²) in [5.41, 5.74) is 0. The molecule has 0 aromatic carbocycles. The van der Waals surface area contributed by atoms with Crippen LogP contribution in [0.3, 0.4) is 0 Å². The van der Waals surface area contributed by atoms with E-state index in [-0.39, 0.29) is 0 Å². The second-order valence-electron chi connectivity index (χ2n) is 4.85. The predicted octanol–water partition coefficient (Wildman–Crippen LogP) is 4.11. The Morgan fingerprint density at radius 2 is 2.31 bits per heavy atom. The van der Waals surface area contributed by atoms with E-state index in [4.69, 9.17) is 11.6 Å². The van der Waals surface area contributed by atoms with Crippen molar-refractivity contribution in [3.05, 3.63) is 21.3 Å². The van der Waals surface area contributed by atoms with Crippen LogP contribution in [0.1, 0.15) is 37.5 Å². The normalized spacial score (nSPS) is 18.4. The van der Waals surface area contributed by atoms with Crippen LogP contribution in [0.15, 0.2) is 12.1 Å². The largest absolute Gasteiger partial charge is 0.314 e. The quantitative estimate of drug-likeness (QED) is 0.809. The molecule has 1 aliphatic carbocycles. The maximum absolute atomic E-state index is 5.91. The molecule has 0 bridgehead atoms. The number of rotatable bonds is 6. The summed E-state index contributed by atoms with van der Waals surface area (Å²) in [6.07, 6.45) is 6.66. The third-order valence-corrected chi connectivity index (χ3v) is 4.72. The highest BCUT2D eigenvalue weighted by Gasteiger charge is 2.17. The van der Waals surface area contributed by atoms with E-state index in [1.54, 1.807) is 11.3 Å². The molecule has 0 amide bonds. The predicted molar refractivity (Wildman–Crippen MR) is 72.5 cm³/mol. The van der Waals surface area contributed by atoms with E-state index in [1.165, 1.54) is 37.1 Å². The molecule has 0 radical (unpaired) electrons. The molecular formula is C13H20ClNS. The van der Waals surface area contributed by atoms with Crippen LogP contribution in [0, 0.1) is 5.92 Å². The van der Waals surface area contributed by atoms with E-state index in [1.807, 2.05) is 6.07 Å². The van der Waals surface area contributed by atoms with Gasteiger partial charge < -0.3 is 5.32 Å². The second-order valence-corrected chi connectivity index (χ2v) is 6.65. The lowest BCUT2D eigenvalue weighted by Crippen LogP contribution is -2.33. The lowest BCUT2D eigenvalue weighted by atomic mass is 9.85. The van der Waals surface area contributed by atoms with Gasteiger partial charge >= 0.3 is 0 Å². The smallest absolute Gasteiger partial charge is 0.0931 e. The molecule has 1 N–H and O–H groups in total. The van der Waals surface area contributed by atoms with Gasteiger partial charge in [0, 0.05) is 10.9 Å². The summed E-state index contributed by atoms with van der Waals surface area (Å²) >= 11 is 7.62. The SMILES string of the molecule is CC(CCc1ccc(Cl)s1)NCC1CCC1. The van der Waals surface area contributed by atoms with Gasteiger partial charge in [-0.25, -0.2) is 0 Å². The Hall–Kier alpha value is -0.0500. The van der Waals surface area contributed by atoms with E-state index in [0.29, 0.717) is 6.04 Å². The van der Waals surface area contributed by atoms with Gasteiger partial charge in [-0.3, -0.25) is 0 Å². The summed E-state index contributed by atoms with van der Waals surface area (Å²) in [6.45, 7) is 3.50. The highest BCUT2D eigenvalue weighted by Crippen LogP contribution is 2.26. The second kappa shape index (κ2) is 6.04. The molecule has 1 heterocycles. The third-order valence-electron chi connectivity index (χ3n) is 3.43. The summed E-state index contributed by atoms with van der Waals surface area (Å²) in [6, 6.07) is 4.76. The van der Waals surface area contributed by atoms with Crippen molar-refractivity contribution in [1.29, 1.82) is 0 Å². The first-order valence-electron chi connectivity index (χ1n) is 6.21. The highest BCUT2D eigenvalue weighted by molar-refractivity contribution is 7.16. The van der Waals surface area contributed by atoms with Gasteiger partial charge in [0.2, 0.25) is 0 Å². The Labute approximate surface area is 107 Å². The van der Waals surface area contributed by atoms with Gasteiger partial charge in [0.25, 0.3) is 0 Å². The number of halogens is 1. The van der Waals surface area contributed by atoms with Crippen molar-refractivity contribution >= 4 is 22.9 Å². The minimum absolute atomic E-state index is 0.626. The van der Waals surface area contributed by atoms with Gasteiger partial charge in [-0.2, -0.15) is 0 Å². The molecule has 0 spiro atoms. The third kappa shape index (κ3) is 3.76. The molecule has 2 rings (SSSR count). The van der Waals surface area contributed by atoms with Gasteiger partial charge in [-0.1, -0.05) is 18.0 Å². The Morgan fingerprint density at radius 1 is 1.50 bits per heavy atom. The van der Waals surface area contributed by atoms with Crippen LogP contribution in [-0.4, -0.2) is 12.6 Å². The first kappa shape index (κ1) is 12.4. The van der Waals surface area contributed by atoms with Crippen LogP contribution in [0.5, 0.6) is 0 Å². The molecule has 1 fully saturated rings. The molecule has 3 heteroatoms. The van der Waals surface area contributed by atoms with Crippen molar-refractivity contribution in [2.75, 3.05) is 6.54 Å². The number of thiophene rings is 1. The van der Waals surface area contributed by atoms with Crippen LogP contribution in [0.25, 0.3) is 0 Å². The van der Waals surface area contributed by atoms with E-state index in [9.17, 15) is 0 Å². The topological polar surface area (TPSA) is 12.0 Å². The average molecular weight is 258 g/mol. The van der Waals surface area contributed by atoms with Crippen LogP contribution in [-0.2, 0) is 6.42 Å². The van der Waals surface area contributed by atoms with Crippen LogP contribution in [0.4, 0.5) is 0 Å². The van der Waals surface area contributed by atoms with Gasteiger partial charge in [-0.15, -0.1) is 11.3 Å². The molecule has 1 aromatic rings. The summed E-state index contributed by atoms with van der Waals surface area (Å²) < 4.78 is 0.907. The maximum Gasteiger partial charge on any atom is 0.0931 e. The average Bonchev–Trinajstić information content (AvgIpc) is 2.59. The molecule has 1 atom stereocenters. The van der Waals surface area contributed by atoms with Gasteiger partial charge in [0.1, 0.15) is 0 Å². The van der Waals surface area contributed by atoms with Crippen molar-refractivity contribution in [3.63, 3.8) is 0 Å². The van der Waals surface area contributed by atoms with Crippen LogP contribution < -0.4 is 5.32 Å². The van der Waals surface area contributed by atoms with Crippen LogP contribution in [0.2, 0.25) is 4.34 Å². The van der Waals surface area contributed by atoms with Gasteiger partial charge in [-0.05, 0) is 57.2 Å². The number of aryl methyl sites for hydroxylation is 1. The zero-order chi connectivity index (χ0) is 11.4. The summed E-state index contributed by atoms with van der Waals surface area (Å²) in [7, 11) is 0. The molecule has 1 saturated carbocycles. The van der Waals surface area contributed by atoms with E-state index in [2.05, 4.69) is 18.3 Å². The number of nitrogens with one attached hydrogen (secondary N) is 1. The zero-order valence-corrected chi connectivity index (χ0v) is 11.4. The Balaban J connectivity index is 1.61. The highest BCUT2D eigenvalue weighted by atomic mass is 35.5. The van der Waals surface area contributed by atoms with Gasteiger partial charge in [0.15, 0.2) is 0 Å². The minimum atomic E-state index is 0.626. The fourth-order valence-electron chi connectivity index (χ4n) is 2.01. The summed E-state index contributed by atoms with van der Waals surface area (Å²) in [5, 5.41) is 3.63. The molecule has 1 nitrogen and oxygen atoms in total. The standard InChI is InChI=1S/C13H20ClNS/c1-10(15-9-11-3-2-4-11)5-6-12-7-8-13(14)16-12/h7-8,10-11,15H,2-6,9H2,1H3. The van der Waals surface area contributed by atoms with E-state index in [0.717, 1.165) is 16.7 Å². The zero-order valence-electron chi connectivity index (χ0n) is 9.84. The van der Waals surface area contributed by atoms with Crippen molar-refractivity contribution in [2.24, 2.45) is 5.92 Å². The fourth-order valence-corrected chi connectivity index (χ4v) is 3.11. The Kier molecular flexibility index (Phi) is 4.68. The van der Waals surface area contributed by atoms with Crippen molar-refractivity contribution < 1.29 is 0 Å². The first-order chi connectivity index (χ1) is 7.74. The maximum atomic E-state index is 5.91.